The van der Waals surface area contributed by atoms with E-state index in [4.69, 9.17) is 10.3 Å². The molecule has 1 unspecified atom stereocenters. The molecule has 1 fully saturated rings. The number of rotatable bonds is 3. The molecule has 0 bridgehead atoms. The minimum atomic E-state index is -0.0830. The summed E-state index contributed by atoms with van der Waals surface area (Å²) in [6, 6.07) is 5.70. The van der Waals surface area contributed by atoms with Crippen LogP contribution in [0.3, 0.4) is 0 Å². The average molecular weight is 352 g/mol. The molecule has 1 amide bonds. The number of aryl methyl sites for hydroxylation is 1. The number of amides is 1. The van der Waals surface area contributed by atoms with Gasteiger partial charge in [0.1, 0.15) is 5.82 Å². The Morgan fingerprint density at radius 3 is 2.88 bits per heavy atom. The second-order valence-corrected chi connectivity index (χ2v) is 5.87. The van der Waals surface area contributed by atoms with Crippen molar-refractivity contribution in [1.29, 1.82) is 0 Å². The van der Waals surface area contributed by atoms with Gasteiger partial charge in [-0.25, -0.2) is 4.98 Å². The second-order valence-electron chi connectivity index (χ2n) is 5.87. The van der Waals surface area contributed by atoms with Crippen molar-refractivity contribution in [3.63, 3.8) is 0 Å². The van der Waals surface area contributed by atoms with Crippen LogP contribution in [0, 0.1) is 6.92 Å². The van der Waals surface area contributed by atoms with Crippen molar-refractivity contribution in [2.45, 2.75) is 32.2 Å². The van der Waals surface area contributed by atoms with Gasteiger partial charge in [-0.3, -0.25) is 4.79 Å². The highest BCUT2D eigenvalue weighted by atomic mass is 35.5. The predicted molar refractivity (Wildman–Crippen MR) is 94.3 cm³/mol. The number of halogens is 1. The predicted octanol–water partition coefficient (Wildman–Crippen LogP) is 2.49. The molecule has 0 aliphatic carbocycles. The van der Waals surface area contributed by atoms with E-state index in [1.54, 1.807) is 18.3 Å². The lowest BCUT2D eigenvalue weighted by Gasteiger charge is -2.20. The number of hydrogen-bond donors (Lipinski definition) is 2. The topological polar surface area (TPSA) is 97.3 Å². The molecular weight excluding hydrogens is 330 g/mol. The Kier molecular flexibility index (Phi) is 6.03. The average Bonchev–Trinajstić information content (AvgIpc) is 2.84. The van der Waals surface area contributed by atoms with Crippen LogP contribution in [0.5, 0.6) is 0 Å². The van der Waals surface area contributed by atoms with E-state index in [2.05, 4.69) is 15.5 Å². The van der Waals surface area contributed by atoms with E-state index >= 15 is 0 Å². The number of hydrogen-bond acceptors (Lipinski definition) is 6. The Morgan fingerprint density at radius 1 is 1.38 bits per heavy atom. The van der Waals surface area contributed by atoms with E-state index in [9.17, 15) is 4.79 Å². The van der Waals surface area contributed by atoms with Crippen molar-refractivity contribution in [1.82, 2.24) is 15.0 Å². The lowest BCUT2D eigenvalue weighted by Crippen LogP contribution is -2.32. The Morgan fingerprint density at radius 2 is 2.21 bits per heavy atom. The van der Waals surface area contributed by atoms with E-state index in [-0.39, 0.29) is 18.3 Å². The molecule has 0 spiro atoms. The molecule has 0 radical (unpaired) electrons. The van der Waals surface area contributed by atoms with Gasteiger partial charge in [0.25, 0.3) is 5.91 Å². The molecule has 1 atom stereocenters. The summed E-state index contributed by atoms with van der Waals surface area (Å²) in [4.78, 5) is 18.3. The molecule has 1 saturated heterocycles. The molecular formula is C16H22ClN5O2. The van der Waals surface area contributed by atoms with Crippen molar-refractivity contribution in [3.8, 4) is 0 Å². The number of nitrogens with zero attached hydrogens (tertiary/aromatic N) is 3. The highest BCUT2D eigenvalue weighted by Gasteiger charge is 2.24. The fourth-order valence-electron chi connectivity index (χ4n) is 2.79. The standard InChI is InChI=1S/C16H21N5O2.ClH/c1-11-9-14(23-20-11)16(22)21-7-2-3-12(6-8-21)19-13-4-5-15(17)18-10-13;/h4-5,9-10,12,19H,2-3,6-8H2,1H3,(H2,17,18);1H. The van der Waals surface area contributed by atoms with Gasteiger partial charge >= 0.3 is 0 Å². The number of aromatic nitrogens is 2. The van der Waals surface area contributed by atoms with Gasteiger partial charge in [0.15, 0.2) is 0 Å². The zero-order valence-corrected chi connectivity index (χ0v) is 14.4. The number of nitrogens with two attached hydrogens (primary N) is 1. The van der Waals surface area contributed by atoms with E-state index in [1.165, 1.54) is 0 Å². The first-order valence-electron chi connectivity index (χ1n) is 7.82. The lowest BCUT2D eigenvalue weighted by atomic mass is 10.1. The SMILES string of the molecule is Cc1cc(C(=O)N2CCCC(Nc3ccc(N)nc3)CC2)on1.Cl. The molecule has 3 heterocycles. The van der Waals surface area contributed by atoms with Crippen LogP contribution in [0.1, 0.15) is 35.5 Å². The van der Waals surface area contributed by atoms with E-state index < -0.39 is 0 Å². The number of carbonyl (C=O) groups is 1. The van der Waals surface area contributed by atoms with Gasteiger partial charge in [-0.15, -0.1) is 12.4 Å². The maximum absolute atomic E-state index is 12.4. The largest absolute Gasteiger partial charge is 0.384 e. The van der Waals surface area contributed by atoms with Gasteiger partial charge in [-0.05, 0) is 38.3 Å². The van der Waals surface area contributed by atoms with E-state index in [0.717, 1.165) is 37.2 Å². The van der Waals surface area contributed by atoms with E-state index in [0.29, 0.717) is 24.2 Å². The van der Waals surface area contributed by atoms with Crippen LogP contribution in [0.4, 0.5) is 11.5 Å². The molecule has 3 rings (SSSR count). The summed E-state index contributed by atoms with van der Waals surface area (Å²) in [5.74, 6) is 0.743. The van der Waals surface area contributed by atoms with Crippen LogP contribution in [0.2, 0.25) is 0 Å². The van der Waals surface area contributed by atoms with Crippen LogP contribution in [0.25, 0.3) is 0 Å². The zero-order chi connectivity index (χ0) is 16.2. The van der Waals surface area contributed by atoms with Crippen molar-refractivity contribution >= 4 is 29.8 Å². The van der Waals surface area contributed by atoms with Crippen LogP contribution in [-0.2, 0) is 0 Å². The maximum Gasteiger partial charge on any atom is 0.292 e. The Bertz CT molecular complexity index is 673. The molecule has 2 aromatic heterocycles. The number of nitrogen functional groups attached to an aromatic ring is 1. The number of pyridine rings is 1. The summed E-state index contributed by atoms with van der Waals surface area (Å²) in [6.45, 7) is 3.23. The summed E-state index contributed by atoms with van der Waals surface area (Å²) in [6.07, 6.45) is 4.56. The summed E-state index contributed by atoms with van der Waals surface area (Å²) < 4.78 is 5.08. The molecule has 130 valence electrons. The summed E-state index contributed by atoms with van der Waals surface area (Å²) in [7, 11) is 0. The molecule has 24 heavy (non-hydrogen) atoms. The van der Waals surface area contributed by atoms with Gasteiger partial charge in [0.05, 0.1) is 17.6 Å². The summed E-state index contributed by atoms with van der Waals surface area (Å²) >= 11 is 0. The fraction of sp³-hybridized carbons (Fsp3) is 0.438. The summed E-state index contributed by atoms with van der Waals surface area (Å²) in [5.41, 5.74) is 7.27. The van der Waals surface area contributed by atoms with Crippen molar-refractivity contribution < 1.29 is 9.32 Å². The minimum Gasteiger partial charge on any atom is -0.384 e. The first kappa shape index (κ1) is 18.1. The van der Waals surface area contributed by atoms with E-state index in [1.807, 2.05) is 17.9 Å². The molecule has 0 saturated carbocycles. The normalized spacial score (nSPS) is 17.7. The highest BCUT2D eigenvalue weighted by molar-refractivity contribution is 5.91. The number of anilines is 2. The van der Waals surface area contributed by atoms with Gasteiger partial charge in [-0.2, -0.15) is 0 Å². The quantitative estimate of drug-likeness (QED) is 0.881. The first-order valence-corrected chi connectivity index (χ1v) is 7.82. The summed E-state index contributed by atoms with van der Waals surface area (Å²) in [5, 5.41) is 7.24. The molecule has 1 aliphatic heterocycles. The van der Waals surface area contributed by atoms with Gasteiger partial charge < -0.3 is 20.5 Å². The maximum atomic E-state index is 12.4. The number of likely N-dealkylation sites (tertiary alicyclic amines) is 1. The molecule has 2 aromatic rings. The third kappa shape index (κ3) is 4.38. The van der Waals surface area contributed by atoms with Crippen LogP contribution in [0.15, 0.2) is 28.9 Å². The third-order valence-electron chi connectivity index (χ3n) is 4.01. The van der Waals surface area contributed by atoms with Gasteiger partial charge in [0.2, 0.25) is 5.76 Å². The Hall–Kier alpha value is -2.28. The lowest BCUT2D eigenvalue weighted by molar-refractivity contribution is 0.0719. The fourth-order valence-corrected chi connectivity index (χ4v) is 2.79. The molecule has 7 nitrogen and oxygen atoms in total. The first-order chi connectivity index (χ1) is 11.1. The van der Waals surface area contributed by atoms with Crippen molar-refractivity contribution in [2.24, 2.45) is 0 Å². The third-order valence-corrected chi connectivity index (χ3v) is 4.01. The number of nitrogens with one attached hydrogen (secondary N) is 1. The monoisotopic (exact) mass is 351 g/mol. The molecule has 1 aliphatic rings. The minimum absolute atomic E-state index is 0. The highest BCUT2D eigenvalue weighted by Crippen LogP contribution is 2.18. The van der Waals surface area contributed by atoms with Crippen molar-refractivity contribution in [3.05, 3.63) is 35.9 Å². The van der Waals surface area contributed by atoms with Crippen LogP contribution >= 0.6 is 12.4 Å². The Labute approximate surface area is 147 Å². The molecule has 0 aromatic carbocycles. The van der Waals surface area contributed by atoms with Crippen LogP contribution < -0.4 is 11.1 Å². The van der Waals surface area contributed by atoms with Crippen LogP contribution in [-0.4, -0.2) is 40.1 Å². The Balaban J connectivity index is 0.00000208. The molecule has 8 heteroatoms. The number of carbonyl (C=O) groups excluding carboxylic acids is 1. The second kappa shape index (κ2) is 8.01. The van der Waals surface area contributed by atoms with Gasteiger partial charge in [-0.1, -0.05) is 5.16 Å². The zero-order valence-electron chi connectivity index (χ0n) is 13.6. The smallest absolute Gasteiger partial charge is 0.292 e. The molecule has 3 N–H and O–H groups in total. The van der Waals surface area contributed by atoms with Crippen molar-refractivity contribution in [2.75, 3.05) is 24.1 Å². The van der Waals surface area contributed by atoms with Gasteiger partial charge in [0, 0.05) is 25.2 Å².